The third-order valence-electron chi connectivity index (χ3n) is 4.13. The Morgan fingerprint density at radius 1 is 1.15 bits per heavy atom. The van der Waals surface area contributed by atoms with Crippen LogP contribution in [0.4, 0.5) is 5.69 Å². The van der Waals surface area contributed by atoms with Gasteiger partial charge in [-0.15, -0.1) is 0 Å². The van der Waals surface area contributed by atoms with Gasteiger partial charge >= 0.3 is 0 Å². The van der Waals surface area contributed by atoms with Crippen LogP contribution in [0.1, 0.15) is 18.1 Å². The van der Waals surface area contributed by atoms with Crippen molar-refractivity contribution in [3.8, 4) is 11.5 Å². The molecule has 1 heterocycles. The van der Waals surface area contributed by atoms with Gasteiger partial charge < -0.3 is 9.47 Å². The highest BCUT2D eigenvalue weighted by Gasteiger charge is 2.34. The summed E-state index contributed by atoms with van der Waals surface area (Å²) in [6.07, 6.45) is 2.63. The van der Waals surface area contributed by atoms with Gasteiger partial charge in [0.1, 0.15) is 11.5 Å². The van der Waals surface area contributed by atoms with Crippen LogP contribution in [-0.2, 0) is 11.2 Å². The number of carbonyl (C=O) groups is 1. The highest BCUT2D eigenvalue weighted by atomic mass is 32.2. The molecule has 1 saturated heterocycles. The molecule has 0 unspecified atom stereocenters. The van der Waals surface area contributed by atoms with E-state index < -0.39 is 0 Å². The SMILES string of the molecule is CCc1ccccc1N1C(=O)C(=Cc2cc(OC)ccc2OC)SC1=S. The molecule has 2 aromatic rings. The van der Waals surface area contributed by atoms with Crippen LogP contribution in [0, 0.1) is 0 Å². The number of carbonyl (C=O) groups excluding carboxylic acids is 1. The quantitative estimate of drug-likeness (QED) is 0.552. The minimum Gasteiger partial charge on any atom is -0.497 e. The van der Waals surface area contributed by atoms with E-state index in [-0.39, 0.29) is 5.91 Å². The molecular formula is C20H19NO3S2. The van der Waals surface area contributed by atoms with Crippen molar-refractivity contribution in [3.05, 3.63) is 58.5 Å². The highest BCUT2D eigenvalue weighted by Crippen LogP contribution is 2.38. The van der Waals surface area contributed by atoms with Crippen molar-refractivity contribution < 1.29 is 14.3 Å². The van der Waals surface area contributed by atoms with Crippen molar-refractivity contribution in [2.75, 3.05) is 19.1 Å². The molecule has 0 N–H and O–H groups in total. The third kappa shape index (κ3) is 3.48. The van der Waals surface area contributed by atoms with Crippen LogP contribution in [0.25, 0.3) is 6.08 Å². The zero-order valence-corrected chi connectivity index (χ0v) is 16.4. The van der Waals surface area contributed by atoms with Crippen molar-refractivity contribution in [1.82, 2.24) is 0 Å². The first-order valence-corrected chi connectivity index (χ1v) is 9.39. The number of thiocarbonyl (C=S) groups is 1. The normalized spacial score (nSPS) is 15.7. The van der Waals surface area contributed by atoms with E-state index >= 15 is 0 Å². The van der Waals surface area contributed by atoms with Crippen molar-refractivity contribution in [1.29, 1.82) is 0 Å². The summed E-state index contributed by atoms with van der Waals surface area (Å²) in [7, 11) is 3.20. The summed E-state index contributed by atoms with van der Waals surface area (Å²) in [6.45, 7) is 2.06. The number of benzene rings is 2. The number of thioether (sulfide) groups is 1. The second-order valence-electron chi connectivity index (χ2n) is 5.61. The molecule has 1 fully saturated rings. The fraction of sp³-hybridized carbons (Fsp3) is 0.200. The summed E-state index contributed by atoms with van der Waals surface area (Å²) in [4.78, 5) is 15.2. The van der Waals surface area contributed by atoms with E-state index in [2.05, 4.69) is 6.92 Å². The molecule has 0 aromatic heterocycles. The molecule has 6 heteroatoms. The minimum atomic E-state index is -0.120. The number of rotatable bonds is 5. The fourth-order valence-corrected chi connectivity index (χ4v) is 4.07. The van der Waals surface area contributed by atoms with E-state index in [9.17, 15) is 4.79 Å². The van der Waals surface area contributed by atoms with Gasteiger partial charge in [0, 0.05) is 5.56 Å². The predicted octanol–water partition coefficient (Wildman–Crippen LogP) is 4.67. The number of nitrogens with zero attached hydrogens (tertiary/aromatic N) is 1. The van der Waals surface area contributed by atoms with E-state index in [0.29, 0.717) is 20.7 Å². The molecule has 2 aromatic carbocycles. The van der Waals surface area contributed by atoms with Crippen molar-refractivity contribution >= 4 is 46.0 Å². The Hall–Kier alpha value is -2.31. The minimum absolute atomic E-state index is 0.120. The molecule has 0 radical (unpaired) electrons. The maximum atomic E-state index is 13.0. The summed E-state index contributed by atoms with van der Waals surface area (Å²) >= 11 is 6.78. The van der Waals surface area contributed by atoms with Gasteiger partial charge in [-0.1, -0.05) is 49.1 Å². The van der Waals surface area contributed by atoms with E-state index in [1.54, 1.807) is 25.2 Å². The molecule has 134 valence electrons. The maximum Gasteiger partial charge on any atom is 0.270 e. The molecule has 3 rings (SSSR count). The first kappa shape index (κ1) is 18.5. The Morgan fingerprint density at radius 2 is 1.92 bits per heavy atom. The van der Waals surface area contributed by atoms with Gasteiger partial charge in [-0.3, -0.25) is 9.69 Å². The first-order chi connectivity index (χ1) is 12.6. The van der Waals surface area contributed by atoms with E-state index in [4.69, 9.17) is 21.7 Å². The molecule has 0 saturated carbocycles. The highest BCUT2D eigenvalue weighted by molar-refractivity contribution is 8.27. The Morgan fingerprint density at radius 3 is 2.62 bits per heavy atom. The smallest absolute Gasteiger partial charge is 0.270 e. The van der Waals surface area contributed by atoms with Gasteiger partial charge in [0.05, 0.1) is 24.8 Å². The van der Waals surface area contributed by atoms with E-state index in [1.165, 1.54) is 11.8 Å². The van der Waals surface area contributed by atoms with Crippen molar-refractivity contribution in [3.63, 3.8) is 0 Å². The molecule has 1 aliphatic heterocycles. The molecule has 1 aliphatic rings. The molecule has 0 bridgehead atoms. The second-order valence-corrected chi connectivity index (χ2v) is 7.28. The van der Waals surface area contributed by atoms with Crippen LogP contribution in [0.15, 0.2) is 47.4 Å². The second kappa shape index (κ2) is 7.93. The number of para-hydroxylation sites is 1. The third-order valence-corrected chi connectivity index (χ3v) is 5.43. The number of anilines is 1. The lowest BCUT2D eigenvalue weighted by molar-refractivity contribution is -0.113. The Kier molecular flexibility index (Phi) is 5.64. The van der Waals surface area contributed by atoms with Gasteiger partial charge in [-0.05, 0) is 42.3 Å². The van der Waals surface area contributed by atoms with Gasteiger partial charge in [0.15, 0.2) is 4.32 Å². The first-order valence-electron chi connectivity index (χ1n) is 8.17. The van der Waals surface area contributed by atoms with Gasteiger partial charge in [0.2, 0.25) is 0 Å². The Balaban J connectivity index is 2.00. The average molecular weight is 386 g/mol. The number of methoxy groups -OCH3 is 2. The topological polar surface area (TPSA) is 38.8 Å². The molecule has 4 nitrogen and oxygen atoms in total. The molecule has 0 aliphatic carbocycles. The van der Waals surface area contributed by atoms with Crippen LogP contribution in [-0.4, -0.2) is 24.4 Å². The standard InChI is InChI=1S/C20H19NO3S2/c1-4-13-7-5-6-8-16(13)21-19(22)18(26-20(21)25)12-14-11-15(23-2)9-10-17(14)24-3/h5-12H,4H2,1-3H3. The summed E-state index contributed by atoms with van der Waals surface area (Å²) in [5.41, 5.74) is 2.71. The zero-order valence-electron chi connectivity index (χ0n) is 14.8. The Bertz CT molecular complexity index is 892. The predicted molar refractivity (Wildman–Crippen MR) is 111 cm³/mol. The number of hydrogen-bond acceptors (Lipinski definition) is 5. The van der Waals surface area contributed by atoms with Crippen molar-refractivity contribution in [2.45, 2.75) is 13.3 Å². The monoisotopic (exact) mass is 385 g/mol. The number of aryl methyl sites for hydroxylation is 1. The van der Waals surface area contributed by atoms with Gasteiger partial charge in [0.25, 0.3) is 5.91 Å². The summed E-state index contributed by atoms with van der Waals surface area (Å²) in [5.74, 6) is 1.25. The zero-order chi connectivity index (χ0) is 18.7. The van der Waals surface area contributed by atoms with Crippen LogP contribution in [0.5, 0.6) is 11.5 Å². The fourth-order valence-electron chi connectivity index (χ4n) is 2.80. The molecule has 1 amide bonds. The van der Waals surface area contributed by atoms with Gasteiger partial charge in [-0.25, -0.2) is 0 Å². The average Bonchev–Trinajstić information content (AvgIpc) is 2.94. The van der Waals surface area contributed by atoms with Crippen LogP contribution in [0.2, 0.25) is 0 Å². The van der Waals surface area contributed by atoms with Crippen molar-refractivity contribution in [2.24, 2.45) is 0 Å². The van der Waals surface area contributed by atoms with Crippen LogP contribution >= 0.6 is 24.0 Å². The van der Waals surface area contributed by atoms with E-state index in [0.717, 1.165) is 23.2 Å². The molecule has 26 heavy (non-hydrogen) atoms. The summed E-state index contributed by atoms with van der Waals surface area (Å²) in [6, 6.07) is 13.3. The summed E-state index contributed by atoms with van der Waals surface area (Å²) in [5, 5.41) is 0. The lowest BCUT2D eigenvalue weighted by atomic mass is 10.1. The number of hydrogen-bond donors (Lipinski definition) is 0. The van der Waals surface area contributed by atoms with Crippen LogP contribution in [0.3, 0.4) is 0 Å². The maximum absolute atomic E-state index is 13.0. The molecule has 0 spiro atoms. The number of amides is 1. The lowest BCUT2D eigenvalue weighted by Gasteiger charge is -2.18. The Labute approximate surface area is 162 Å². The largest absolute Gasteiger partial charge is 0.497 e. The lowest BCUT2D eigenvalue weighted by Crippen LogP contribution is -2.28. The van der Waals surface area contributed by atoms with Crippen LogP contribution < -0.4 is 14.4 Å². The molecular weight excluding hydrogens is 366 g/mol. The van der Waals surface area contributed by atoms with E-state index in [1.807, 2.05) is 42.5 Å². The van der Waals surface area contributed by atoms with Gasteiger partial charge in [-0.2, -0.15) is 0 Å². The summed E-state index contributed by atoms with van der Waals surface area (Å²) < 4.78 is 11.2. The number of ether oxygens (including phenoxy) is 2. The molecule has 0 atom stereocenters.